The van der Waals surface area contributed by atoms with Crippen LogP contribution >= 0.6 is 0 Å². The lowest BCUT2D eigenvalue weighted by Gasteiger charge is -2.38. The lowest BCUT2D eigenvalue weighted by atomic mass is 9.82. The van der Waals surface area contributed by atoms with Crippen molar-refractivity contribution < 1.29 is 0 Å². The zero-order valence-electron chi connectivity index (χ0n) is 48.8. The van der Waals surface area contributed by atoms with E-state index in [2.05, 4.69) is 334 Å². The molecule has 0 fully saturated rings. The van der Waals surface area contributed by atoms with Crippen molar-refractivity contribution in [3.63, 3.8) is 0 Å². The van der Waals surface area contributed by atoms with Gasteiger partial charge in [-0.05, 0) is 165 Å². The second-order valence-electron chi connectivity index (χ2n) is 24.7. The van der Waals surface area contributed by atoms with E-state index in [1.54, 1.807) is 0 Å². The molecule has 0 aromatic heterocycles. The summed E-state index contributed by atoms with van der Waals surface area (Å²) in [7, 11) is -2.94. The number of hydrogen-bond donors (Lipinski definition) is 0. The standard InChI is InChI=1S/C80H68N2Si2/c1-83(2,3)63-47-43-59(44-48-63)81(57-27-9-7-10-28-57)61-31-23-25-55(53-61)77-67-35-15-19-39-71(67)79(72-40-20-16-36-68(72)77)75-51-52-76(66-34-14-13-33-65(66)75)80-73-41-21-17-37-69(73)78(70-38-18-22-42-74(70)80)56-26-24-32-62(54-56)82(58-29-11-8-12-30-58)60-45-49-64(50-46-60)84(4,5)6/h7-45,47-54,60H,46H2,1-6H3/q-1. The van der Waals surface area contributed by atoms with Gasteiger partial charge in [0.1, 0.15) is 0 Å². The van der Waals surface area contributed by atoms with Crippen LogP contribution in [0.5, 0.6) is 0 Å². The Kier molecular flexibility index (Phi) is 13.5. The van der Waals surface area contributed by atoms with E-state index in [1.165, 1.54) is 120 Å². The van der Waals surface area contributed by atoms with Crippen molar-refractivity contribution >= 4 is 104 Å². The summed E-state index contributed by atoms with van der Waals surface area (Å²) in [5.41, 5.74) is 15.6. The smallest absolute Gasteiger partial charge is 0.0775 e. The van der Waals surface area contributed by atoms with E-state index in [9.17, 15) is 0 Å². The van der Waals surface area contributed by atoms with E-state index in [0.29, 0.717) is 0 Å². The molecule has 13 aromatic rings. The monoisotopic (exact) mass is 1110 g/mol. The molecule has 2 nitrogen and oxygen atoms in total. The largest absolute Gasteiger partial charge is 0.334 e. The summed E-state index contributed by atoms with van der Waals surface area (Å²) < 4.78 is 0. The van der Waals surface area contributed by atoms with Crippen molar-refractivity contribution in [2.75, 3.05) is 9.80 Å². The third-order valence-electron chi connectivity index (χ3n) is 17.4. The fraction of sp³-hybridized carbons (Fsp3) is 0.100. The molecule has 0 saturated heterocycles. The van der Waals surface area contributed by atoms with Gasteiger partial charge in [-0.25, -0.2) is 0 Å². The van der Waals surface area contributed by atoms with Gasteiger partial charge in [0.15, 0.2) is 0 Å². The Labute approximate surface area is 497 Å². The molecule has 0 N–H and O–H groups in total. The Bertz CT molecular complexity index is 4600. The molecule has 84 heavy (non-hydrogen) atoms. The van der Waals surface area contributed by atoms with E-state index in [0.717, 1.165) is 23.5 Å². The zero-order chi connectivity index (χ0) is 57.1. The van der Waals surface area contributed by atoms with Crippen LogP contribution < -0.4 is 15.0 Å². The molecule has 0 bridgehead atoms. The van der Waals surface area contributed by atoms with Gasteiger partial charge in [-0.15, -0.1) is 14.1 Å². The van der Waals surface area contributed by atoms with Gasteiger partial charge < -0.3 is 9.80 Å². The highest BCUT2D eigenvalue weighted by molar-refractivity contribution is 6.88. The molecule has 0 saturated carbocycles. The summed E-state index contributed by atoms with van der Waals surface area (Å²) in [5.74, 6) is 0. The lowest BCUT2D eigenvalue weighted by molar-refractivity contribution is 0.783. The molecule has 1 unspecified atom stereocenters. The molecular formula is C80H68N2Si2-. The molecule has 1 aliphatic rings. The van der Waals surface area contributed by atoms with Crippen molar-refractivity contribution in [1.29, 1.82) is 0 Å². The number of nitrogens with zero attached hydrogens (tertiary/aromatic N) is 2. The Morgan fingerprint density at radius 1 is 0.345 bits per heavy atom. The first-order chi connectivity index (χ1) is 41.0. The lowest BCUT2D eigenvalue weighted by Crippen LogP contribution is -2.37. The molecule has 1 aliphatic carbocycles. The third kappa shape index (κ3) is 9.46. The second-order valence-corrected chi connectivity index (χ2v) is 34.9. The van der Waals surface area contributed by atoms with Crippen LogP contribution in [0.2, 0.25) is 39.3 Å². The molecule has 1 atom stereocenters. The molecule has 407 valence electrons. The van der Waals surface area contributed by atoms with Crippen LogP contribution in [0.1, 0.15) is 6.42 Å². The fourth-order valence-corrected chi connectivity index (χ4v) is 15.9. The maximum atomic E-state index is 2.54. The van der Waals surface area contributed by atoms with Gasteiger partial charge >= 0.3 is 0 Å². The van der Waals surface area contributed by atoms with E-state index in [4.69, 9.17) is 0 Å². The Morgan fingerprint density at radius 3 is 1.13 bits per heavy atom. The highest BCUT2D eigenvalue weighted by atomic mass is 28.3. The molecule has 14 rings (SSSR count). The van der Waals surface area contributed by atoms with Crippen molar-refractivity contribution in [3.05, 3.63) is 290 Å². The summed E-state index contributed by atoms with van der Waals surface area (Å²) >= 11 is 0. The molecular weight excluding hydrogens is 1050 g/mol. The summed E-state index contributed by atoms with van der Waals surface area (Å²) in [6, 6.07) is 100. The van der Waals surface area contributed by atoms with Crippen LogP contribution in [0.15, 0.2) is 290 Å². The average Bonchev–Trinajstić information content (AvgIpc) is 2.61. The summed E-state index contributed by atoms with van der Waals surface area (Å²) in [6.07, 6.45) is 8.32. The van der Waals surface area contributed by atoms with Gasteiger partial charge in [-0.1, -0.05) is 243 Å². The average molecular weight is 1110 g/mol. The molecule has 0 aliphatic heterocycles. The fourth-order valence-electron chi connectivity index (χ4n) is 13.4. The summed E-state index contributed by atoms with van der Waals surface area (Å²) in [4.78, 5) is 4.94. The molecule has 0 radical (unpaired) electrons. The molecule has 0 heterocycles. The second kappa shape index (κ2) is 21.5. The molecule has 0 spiro atoms. The number of allylic oxidation sites excluding steroid dienone is 2. The molecule has 13 aromatic carbocycles. The minimum absolute atomic E-state index is 0.196. The number of hydrogen-bond acceptors (Lipinski definition) is 2. The van der Waals surface area contributed by atoms with Crippen LogP contribution in [0, 0.1) is 0 Å². The minimum atomic E-state index is -1.49. The van der Waals surface area contributed by atoms with Crippen LogP contribution in [-0.4, -0.2) is 22.2 Å². The van der Waals surface area contributed by atoms with Gasteiger partial charge in [0.2, 0.25) is 0 Å². The van der Waals surface area contributed by atoms with Crippen molar-refractivity contribution in [1.82, 2.24) is 0 Å². The highest BCUT2D eigenvalue weighted by Gasteiger charge is 2.26. The van der Waals surface area contributed by atoms with E-state index < -0.39 is 16.1 Å². The maximum Gasteiger partial charge on any atom is 0.0775 e. The number of fused-ring (bicyclic) bond motifs is 5. The normalized spacial score (nSPS) is 13.7. The van der Waals surface area contributed by atoms with E-state index in [-0.39, 0.29) is 6.04 Å². The first kappa shape index (κ1) is 52.7. The van der Waals surface area contributed by atoms with Gasteiger partial charge in [0.05, 0.1) is 14.1 Å². The summed E-state index contributed by atoms with van der Waals surface area (Å²) in [5, 5.41) is 15.3. The SMILES string of the molecule is C[Si](C)(C)c1ccc(N(c2ccccc2)c2cccc(-c3c4ccccc4c(-c4ccc(-c5c6ccccc6c(-c6cccc(N(c7ccccc7)C7C=CC([Si-](C)(C)C)=CC7)c6)c6ccccc56)c5ccccc45)c4ccccc34)c2)cc1. The first-order valence-electron chi connectivity index (χ1n) is 29.8. The van der Waals surface area contributed by atoms with Crippen molar-refractivity contribution in [3.8, 4) is 44.5 Å². The maximum absolute atomic E-state index is 2.54. The van der Waals surface area contributed by atoms with Crippen molar-refractivity contribution in [2.45, 2.75) is 51.7 Å². The zero-order valence-corrected chi connectivity index (χ0v) is 50.8. The third-order valence-corrected chi connectivity index (χ3v) is 21.6. The Balaban J connectivity index is 0.917. The Morgan fingerprint density at radius 2 is 0.714 bits per heavy atom. The number of para-hydroxylation sites is 2. The van der Waals surface area contributed by atoms with Crippen LogP contribution in [0.3, 0.4) is 0 Å². The van der Waals surface area contributed by atoms with Crippen LogP contribution in [-0.2, 0) is 0 Å². The quantitative estimate of drug-likeness (QED) is 0.0889. The van der Waals surface area contributed by atoms with Crippen LogP contribution in [0.4, 0.5) is 28.4 Å². The van der Waals surface area contributed by atoms with E-state index >= 15 is 0 Å². The summed E-state index contributed by atoms with van der Waals surface area (Å²) in [6.45, 7) is 14.6. The Hall–Kier alpha value is -9.33. The molecule has 0 amide bonds. The van der Waals surface area contributed by atoms with Gasteiger partial charge in [-0.2, -0.15) is 24.8 Å². The molecule has 4 heteroatoms. The minimum Gasteiger partial charge on any atom is -0.334 e. The predicted molar refractivity (Wildman–Crippen MR) is 371 cm³/mol. The number of benzene rings is 13. The van der Waals surface area contributed by atoms with Crippen LogP contribution in [0.25, 0.3) is 98.4 Å². The van der Waals surface area contributed by atoms with E-state index in [1.807, 2.05) is 0 Å². The van der Waals surface area contributed by atoms with Crippen molar-refractivity contribution in [2.24, 2.45) is 0 Å². The van der Waals surface area contributed by atoms with Gasteiger partial charge in [0, 0.05) is 28.4 Å². The topological polar surface area (TPSA) is 6.48 Å². The van der Waals surface area contributed by atoms with Gasteiger partial charge in [0.25, 0.3) is 0 Å². The van der Waals surface area contributed by atoms with Gasteiger partial charge in [-0.3, -0.25) is 0 Å². The highest BCUT2D eigenvalue weighted by Crippen LogP contribution is 2.51. The first-order valence-corrected chi connectivity index (χ1v) is 36.8. The number of rotatable bonds is 12. The number of anilines is 5. The predicted octanol–water partition coefficient (Wildman–Crippen LogP) is 22.4.